The molecule has 0 amide bonds. The average Bonchev–Trinajstić information content (AvgIpc) is 2.42. The number of nitrogens with one attached hydrogen (secondary N) is 1. The molecule has 0 aliphatic carbocycles. The van der Waals surface area contributed by atoms with Gasteiger partial charge in [0.05, 0.1) is 23.9 Å². The van der Waals surface area contributed by atoms with Crippen LogP contribution >= 0.6 is 11.6 Å². The van der Waals surface area contributed by atoms with Crippen molar-refractivity contribution in [2.75, 3.05) is 12.4 Å². The van der Waals surface area contributed by atoms with Crippen molar-refractivity contribution in [2.45, 2.75) is 26.8 Å². The fraction of sp³-hybridized carbons (Fsp3) is 0.294. The van der Waals surface area contributed by atoms with Crippen LogP contribution in [-0.2, 0) is 0 Å². The van der Waals surface area contributed by atoms with Gasteiger partial charge >= 0.3 is 0 Å². The fourth-order valence-electron chi connectivity index (χ4n) is 2.29. The van der Waals surface area contributed by atoms with Gasteiger partial charge in [-0.3, -0.25) is 0 Å². The first-order valence-electron chi connectivity index (χ1n) is 6.69. The highest BCUT2D eigenvalue weighted by atomic mass is 35.5. The highest BCUT2D eigenvalue weighted by Gasteiger charge is 2.13. The van der Waals surface area contributed by atoms with Crippen LogP contribution < -0.4 is 10.1 Å². The third-order valence-electron chi connectivity index (χ3n) is 3.44. The molecule has 3 heteroatoms. The van der Waals surface area contributed by atoms with Gasteiger partial charge in [0.2, 0.25) is 0 Å². The molecule has 0 radical (unpaired) electrons. The lowest BCUT2D eigenvalue weighted by Crippen LogP contribution is -2.09. The van der Waals surface area contributed by atoms with Crippen molar-refractivity contribution in [2.24, 2.45) is 0 Å². The number of rotatable bonds is 4. The van der Waals surface area contributed by atoms with Crippen molar-refractivity contribution in [3.63, 3.8) is 0 Å². The summed E-state index contributed by atoms with van der Waals surface area (Å²) in [5.41, 5.74) is 4.42. The first-order chi connectivity index (χ1) is 9.52. The Bertz CT molecular complexity index is 590. The average molecular weight is 290 g/mol. The number of aryl methyl sites for hydroxylation is 2. The van der Waals surface area contributed by atoms with E-state index in [1.54, 1.807) is 7.11 Å². The number of halogens is 1. The van der Waals surface area contributed by atoms with Gasteiger partial charge < -0.3 is 10.1 Å². The molecule has 0 spiro atoms. The second-order valence-electron chi connectivity index (χ2n) is 5.04. The third kappa shape index (κ3) is 3.07. The Labute approximate surface area is 125 Å². The second kappa shape index (κ2) is 6.19. The Morgan fingerprint density at radius 2 is 1.90 bits per heavy atom. The molecule has 20 heavy (non-hydrogen) atoms. The van der Waals surface area contributed by atoms with E-state index in [0.717, 1.165) is 27.6 Å². The number of para-hydroxylation sites is 1. The molecular weight excluding hydrogens is 270 g/mol. The molecule has 1 unspecified atom stereocenters. The van der Waals surface area contributed by atoms with E-state index in [9.17, 15) is 0 Å². The van der Waals surface area contributed by atoms with E-state index in [1.165, 1.54) is 5.56 Å². The number of methoxy groups -OCH3 is 1. The van der Waals surface area contributed by atoms with Crippen LogP contribution in [-0.4, -0.2) is 7.11 Å². The van der Waals surface area contributed by atoms with E-state index in [1.807, 2.05) is 31.2 Å². The maximum absolute atomic E-state index is 6.27. The van der Waals surface area contributed by atoms with Gasteiger partial charge in [-0.1, -0.05) is 35.9 Å². The normalized spacial score (nSPS) is 12.1. The van der Waals surface area contributed by atoms with E-state index in [-0.39, 0.29) is 6.04 Å². The first-order valence-corrected chi connectivity index (χ1v) is 7.07. The maximum atomic E-state index is 6.27. The summed E-state index contributed by atoms with van der Waals surface area (Å²) in [6, 6.07) is 12.3. The van der Waals surface area contributed by atoms with Crippen molar-refractivity contribution < 1.29 is 4.74 Å². The summed E-state index contributed by atoms with van der Waals surface area (Å²) in [7, 11) is 1.70. The topological polar surface area (TPSA) is 21.3 Å². The van der Waals surface area contributed by atoms with E-state index in [4.69, 9.17) is 16.3 Å². The molecule has 2 rings (SSSR count). The molecule has 2 aromatic rings. The number of hydrogen-bond acceptors (Lipinski definition) is 2. The van der Waals surface area contributed by atoms with Gasteiger partial charge in [0, 0.05) is 5.56 Å². The Balaban J connectivity index is 2.31. The molecule has 0 fully saturated rings. The van der Waals surface area contributed by atoms with Crippen LogP contribution in [0.3, 0.4) is 0 Å². The quantitative estimate of drug-likeness (QED) is 0.841. The molecular formula is C17H20ClNO. The van der Waals surface area contributed by atoms with Crippen molar-refractivity contribution in [3.8, 4) is 5.75 Å². The van der Waals surface area contributed by atoms with Gasteiger partial charge in [0.15, 0.2) is 0 Å². The highest BCUT2D eigenvalue weighted by Crippen LogP contribution is 2.32. The second-order valence-corrected chi connectivity index (χ2v) is 5.45. The molecule has 0 heterocycles. The Morgan fingerprint density at radius 1 is 1.15 bits per heavy atom. The van der Waals surface area contributed by atoms with Crippen molar-refractivity contribution in [1.82, 2.24) is 0 Å². The van der Waals surface area contributed by atoms with Crippen LogP contribution in [0.15, 0.2) is 36.4 Å². The van der Waals surface area contributed by atoms with Crippen LogP contribution in [0.25, 0.3) is 0 Å². The predicted molar refractivity (Wildman–Crippen MR) is 86.0 cm³/mol. The number of benzene rings is 2. The molecule has 106 valence electrons. The van der Waals surface area contributed by atoms with Gasteiger partial charge in [0.25, 0.3) is 0 Å². The number of ether oxygens (including phenoxy) is 1. The lowest BCUT2D eigenvalue weighted by atomic mass is 10.0. The third-order valence-corrected chi connectivity index (χ3v) is 3.75. The van der Waals surface area contributed by atoms with E-state index >= 15 is 0 Å². The zero-order valence-corrected chi connectivity index (χ0v) is 13.1. The molecule has 0 bridgehead atoms. The number of hydrogen-bond donors (Lipinski definition) is 1. The smallest absolute Gasteiger partial charge is 0.124 e. The maximum Gasteiger partial charge on any atom is 0.124 e. The van der Waals surface area contributed by atoms with Gasteiger partial charge in [-0.05, 0) is 44.0 Å². The summed E-state index contributed by atoms with van der Waals surface area (Å²) < 4.78 is 5.47. The van der Waals surface area contributed by atoms with Crippen LogP contribution in [0.5, 0.6) is 5.75 Å². The minimum absolute atomic E-state index is 0.115. The molecule has 2 aromatic carbocycles. The van der Waals surface area contributed by atoms with E-state index in [0.29, 0.717) is 0 Å². The first kappa shape index (κ1) is 14.7. The van der Waals surface area contributed by atoms with Gasteiger partial charge in [-0.2, -0.15) is 0 Å². The molecule has 1 N–H and O–H groups in total. The molecule has 0 aliphatic heterocycles. The SMILES string of the molecule is COc1cc(C)ccc1C(C)Nc1c(C)cccc1Cl. The van der Waals surface area contributed by atoms with Crippen molar-refractivity contribution in [1.29, 1.82) is 0 Å². The predicted octanol–water partition coefficient (Wildman–Crippen LogP) is 5.14. The van der Waals surface area contributed by atoms with Gasteiger partial charge in [-0.15, -0.1) is 0 Å². The summed E-state index contributed by atoms with van der Waals surface area (Å²) in [5.74, 6) is 0.898. The lowest BCUT2D eigenvalue weighted by Gasteiger charge is -2.21. The molecule has 0 aromatic heterocycles. The molecule has 1 atom stereocenters. The van der Waals surface area contributed by atoms with Crippen molar-refractivity contribution in [3.05, 3.63) is 58.1 Å². The fourth-order valence-corrected chi connectivity index (χ4v) is 2.56. The van der Waals surface area contributed by atoms with E-state index < -0.39 is 0 Å². The minimum Gasteiger partial charge on any atom is -0.496 e. The number of anilines is 1. The standard InChI is InChI=1S/C17H20ClNO/c1-11-8-9-14(16(10-11)20-4)13(3)19-17-12(2)6-5-7-15(17)18/h5-10,13,19H,1-4H3. The van der Waals surface area contributed by atoms with Crippen LogP contribution in [0, 0.1) is 13.8 Å². The minimum atomic E-state index is 0.115. The monoisotopic (exact) mass is 289 g/mol. The van der Waals surface area contributed by atoms with E-state index in [2.05, 4.69) is 31.3 Å². The van der Waals surface area contributed by atoms with Crippen LogP contribution in [0.1, 0.15) is 29.7 Å². The Hall–Kier alpha value is -1.67. The Morgan fingerprint density at radius 3 is 2.55 bits per heavy atom. The summed E-state index contributed by atoms with van der Waals surface area (Å²) in [4.78, 5) is 0. The zero-order chi connectivity index (χ0) is 14.7. The summed E-state index contributed by atoms with van der Waals surface area (Å²) >= 11 is 6.27. The zero-order valence-electron chi connectivity index (χ0n) is 12.3. The van der Waals surface area contributed by atoms with Crippen LogP contribution in [0.4, 0.5) is 5.69 Å². The van der Waals surface area contributed by atoms with Gasteiger partial charge in [-0.25, -0.2) is 0 Å². The summed E-state index contributed by atoms with van der Waals surface area (Å²) in [6.45, 7) is 6.21. The van der Waals surface area contributed by atoms with Crippen molar-refractivity contribution >= 4 is 17.3 Å². The summed E-state index contributed by atoms with van der Waals surface area (Å²) in [6.07, 6.45) is 0. The molecule has 0 saturated carbocycles. The Kier molecular flexibility index (Phi) is 4.56. The van der Waals surface area contributed by atoms with Gasteiger partial charge in [0.1, 0.15) is 5.75 Å². The largest absolute Gasteiger partial charge is 0.496 e. The van der Waals surface area contributed by atoms with Crippen LogP contribution in [0.2, 0.25) is 5.02 Å². The summed E-state index contributed by atoms with van der Waals surface area (Å²) in [5, 5.41) is 4.22. The molecule has 0 aliphatic rings. The lowest BCUT2D eigenvalue weighted by molar-refractivity contribution is 0.407. The molecule has 2 nitrogen and oxygen atoms in total. The highest BCUT2D eigenvalue weighted by molar-refractivity contribution is 6.33. The molecule has 0 saturated heterocycles.